The number of ether oxygens (including phenoxy) is 2. The molecule has 0 bridgehead atoms. The van der Waals surface area contributed by atoms with Crippen molar-refractivity contribution >= 4 is 10.0 Å². The molecular formula is C15H22N2O4S. The van der Waals surface area contributed by atoms with E-state index in [0.717, 1.165) is 19.3 Å². The predicted molar refractivity (Wildman–Crippen MR) is 82.2 cm³/mol. The summed E-state index contributed by atoms with van der Waals surface area (Å²) in [5, 5.41) is 0. The molecule has 2 aliphatic rings. The Morgan fingerprint density at radius 1 is 1.45 bits per heavy atom. The molecule has 1 aromatic heterocycles. The Morgan fingerprint density at radius 3 is 2.95 bits per heavy atom. The van der Waals surface area contributed by atoms with E-state index in [-0.39, 0.29) is 5.60 Å². The van der Waals surface area contributed by atoms with Crippen LogP contribution < -0.4 is 4.74 Å². The average molecular weight is 326 g/mol. The molecule has 0 amide bonds. The highest BCUT2D eigenvalue weighted by molar-refractivity contribution is 7.88. The molecule has 1 unspecified atom stereocenters. The van der Waals surface area contributed by atoms with E-state index in [1.807, 2.05) is 18.2 Å². The minimum atomic E-state index is -3.09. The van der Waals surface area contributed by atoms with E-state index < -0.39 is 10.0 Å². The smallest absolute Gasteiger partial charge is 0.213 e. The molecule has 2 fully saturated rings. The van der Waals surface area contributed by atoms with Crippen molar-refractivity contribution in [3.05, 3.63) is 24.4 Å². The van der Waals surface area contributed by atoms with Gasteiger partial charge < -0.3 is 9.47 Å². The second kappa shape index (κ2) is 6.14. The molecular weight excluding hydrogens is 304 g/mol. The first kappa shape index (κ1) is 15.7. The van der Waals surface area contributed by atoms with Gasteiger partial charge in [-0.15, -0.1) is 0 Å². The van der Waals surface area contributed by atoms with E-state index in [9.17, 15) is 8.42 Å². The number of rotatable bonds is 5. The molecule has 2 saturated heterocycles. The fraction of sp³-hybridized carbons (Fsp3) is 0.667. The molecule has 3 heterocycles. The second-order valence-electron chi connectivity index (χ2n) is 6.23. The second-order valence-corrected chi connectivity index (χ2v) is 8.21. The predicted octanol–water partition coefficient (Wildman–Crippen LogP) is 1.29. The van der Waals surface area contributed by atoms with Gasteiger partial charge in [0, 0.05) is 32.0 Å². The lowest BCUT2D eigenvalue weighted by Crippen LogP contribution is -2.66. The molecule has 3 rings (SSSR count). The third-order valence-electron chi connectivity index (χ3n) is 4.41. The number of aromatic nitrogens is 1. The molecule has 0 radical (unpaired) electrons. The molecule has 2 aliphatic heterocycles. The Labute approximate surface area is 131 Å². The van der Waals surface area contributed by atoms with Crippen molar-refractivity contribution in [2.75, 3.05) is 32.6 Å². The van der Waals surface area contributed by atoms with Crippen molar-refractivity contribution in [1.29, 1.82) is 0 Å². The van der Waals surface area contributed by atoms with Gasteiger partial charge in [-0.25, -0.2) is 13.4 Å². The van der Waals surface area contributed by atoms with Crippen molar-refractivity contribution in [1.82, 2.24) is 9.29 Å². The van der Waals surface area contributed by atoms with E-state index in [2.05, 4.69) is 4.98 Å². The largest absolute Gasteiger partial charge is 0.478 e. The zero-order chi connectivity index (χ0) is 15.6. The lowest BCUT2D eigenvalue weighted by Gasteiger charge is -2.52. The van der Waals surface area contributed by atoms with Gasteiger partial charge in [0.05, 0.1) is 18.5 Å². The highest BCUT2D eigenvalue weighted by Crippen LogP contribution is 2.39. The van der Waals surface area contributed by atoms with Gasteiger partial charge in [0.15, 0.2) is 0 Å². The zero-order valence-electron chi connectivity index (χ0n) is 12.8. The Balaban J connectivity index is 1.46. The summed E-state index contributed by atoms with van der Waals surface area (Å²) < 4.78 is 36.0. The van der Waals surface area contributed by atoms with Gasteiger partial charge >= 0.3 is 0 Å². The summed E-state index contributed by atoms with van der Waals surface area (Å²) in [7, 11) is -3.09. The number of sulfonamides is 1. The minimum Gasteiger partial charge on any atom is -0.478 e. The van der Waals surface area contributed by atoms with Gasteiger partial charge in [0.25, 0.3) is 0 Å². The van der Waals surface area contributed by atoms with Crippen LogP contribution >= 0.6 is 0 Å². The molecule has 122 valence electrons. The first-order chi connectivity index (χ1) is 10.5. The van der Waals surface area contributed by atoms with E-state index in [4.69, 9.17) is 9.47 Å². The van der Waals surface area contributed by atoms with Crippen LogP contribution in [0.15, 0.2) is 24.4 Å². The molecule has 1 atom stereocenters. The zero-order valence-corrected chi connectivity index (χ0v) is 13.6. The average Bonchev–Trinajstić information content (AvgIpc) is 2.45. The van der Waals surface area contributed by atoms with Crippen molar-refractivity contribution in [2.45, 2.75) is 24.9 Å². The minimum absolute atomic E-state index is 0.267. The standard InChI is InChI=1S/C15H22N2O4S/c1-22(18,19)17-11-15(12-17)10-13(6-9-21-15)5-8-20-14-4-2-3-7-16-14/h2-4,7,13H,5-6,8-12H2,1H3. The maximum Gasteiger partial charge on any atom is 0.213 e. The third kappa shape index (κ3) is 3.59. The Hall–Kier alpha value is -1.18. The normalized spacial score (nSPS) is 24.9. The molecule has 0 aliphatic carbocycles. The van der Waals surface area contributed by atoms with Crippen LogP contribution in [0.3, 0.4) is 0 Å². The van der Waals surface area contributed by atoms with Gasteiger partial charge in [0.2, 0.25) is 15.9 Å². The first-order valence-corrected chi connectivity index (χ1v) is 9.45. The van der Waals surface area contributed by atoms with Crippen molar-refractivity contribution < 1.29 is 17.9 Å². The molecule has 0 saturated carbocycles. The first-order valence-electron chi connectivity index (χ1n) is 7.60. The third-order valence-corrected chi connectivity index (χ3v) is 5.60. The van der Waals surface area contributed by atoms with Crippen molar-refractivity contribution in [2.24, 2.45) is 5.92 Å². The summed E-state index contributed by atoms with van der Waals surface area (Å²) >= 11 is 0. The summed E-state index contributed by atoms with van der Waals surface area (Å²) in [6, 6.07) is 5.61. The van der Waals surface area contributed by atoms with Crippen LogP contribution in [0.25, 0.3) is 0 Å². The summed E-state index contributed by atoms with van der Waals surface area (Å²) in [4.78, 5) is 4.13. The number of pyridine rings is 1. The summed E-state index contributed by atoms with van der Waals surface area (Å²) in [5.74, 6) is 1.16. The maximum absolute atomic E-state index is 11.5. The van der Waals surface area contributed by atoms with Crippen molar-refractivity contribution in [3.63, 3.8) is 0 Å². The van der Waals surface area contributed by atoms with E-state index in [1.54, 1.807) is 6.20 Å². The van der Waals surface area contributed by atoms with E-state index in [1.165, 1.54) is 10.6 Å². The number of nitrogens with zero attached hydrogens (tertiary/aromatic N) is 2. The SMILES string of the molecule is CS(=O)(=O)N1CC2(CC(CCOc3ccccn3)CCO2)C1. The van der Waals surface area contributed by atoms with Gasteiger partial charge in [-0.3, -0.25) is 0 Å². The van der Waals surface area contributed by atoms with Crippen LogP contribution in [0.2, 0.25) is 0 Å². The fourth-order valence-corrected chi connectivity index (χ4v) is 4.13. The van der Waals surface area contributed by atoms with Crippen LogP contribution in [0.4, 0.5) is 0 Å². The van der Waals surface area contributed by atoms with Crippen molar-refractivity contribution in [3.8, 4) is 5.88 Å². The monoisotopic (exact) mass is 326 g/mol. The number of hydrogen-bond donors (Lipinski definition) is 0. The summed E-state index contributed by atoms with van der Waals surface area (Å²) in [6.07, 6.45) is 5.82. The van der Waals surface area contributed by atoms with E-state index >= 15 is 0 Å². The van der Waals surface area contributed by atoms with Crippen LogP contribution in [-0.2, 0) is 14.8 Å². The molecule has 7 heteroatoms. The van der Waals surface area contributed by atoms with Crippen LogP contribution in [0.1, 0.15) is 19.3 Å². The summed E-state index contributed by atoms with van der Waals surface area (Å²) in [5.41, 5.74) is -0.267. The molecule has 0 N–H and O–H groups in total. The molecule has 1 spiro atoms. The van der Waals surface area contributed by atoms with Crippen LogP contribution in [0.5, 0.6) is 5.88 Å². The van der Waals surface area contributed by atoms with Gasteiger partial charge in [-0.05, 0) is 31.2 Å². The maximum atomic E-state index is 11.5. The number of hydrogen-bond acceptors (Lipinski definition) is 5. The molecule has 1 aromatic rings. The summed E-state index contributed by atoms with van der Waals surface area (Å²) in [6.45, 7) is 2.31. The van der Waals surface area contributed by atoms with Crippen LogP contribution in [-0.4, -0.2) is 55.9 Å². The topological polar surface area (TPSA) is 68.7 Å². The quantitative estimate of drug-likeness (QED) is 0.815. The lowest BCUT2D eigenvalue weighted by molar-refractivity contribution is -0.156. The van der Waals surface area contributed by atoms with Gasteiger partial charge in [-0.2, -0.15) is 4.31 Å². The lowest BCUT2D eigenvalue weighted by atomic mass is 9.80. The van der Waals surface area contributed by atoms with Gasteiger partial charge in [-0.1, -0.05) is 6.07 Å². The fourth-order valence-electron chi connectivity index (χ4n) is 3.19. The Morgan fingerprint density at radius 2 is 2.27 bits per heavy atom. The van der Waals surface area contributed by atoms with Crippen LogP contribution in [0, 0.1) is 5.92 Å². The highest BCUT2D eigenvalue weighted by Gasteiger charge is 2.50. The van der Waals surface area contributed by atoms with Gasteiger partial charge in [0.1, 0.15) is 0 Å². The van der Waals surface area contributed by atoms with E-state index in [0.29, 0.717) is 38.1 Å². The Bertz CT molecular complexity index is 599. The molecule has 0 aromatic carbocycles. The highest BCUT2D eigenvalue weighted by atomic mass is 32.2. The molecule has 22 heavy (non-hydrogen) atoms. The molecule has 6 nitrogen and oxygen atoms in total. The Kier molecular flexibility index (Phi) is 4.38.